The van der Waals surface area contributed by atoms with Crippen LogP contribution in [0.15, 0.2) is 24.4 Å². The highest BCUT2D eigenvalue weighted by molar-refractivity contribution is 5.89. The van der Waals surface area contributed by atoms with Crippen molar-refractivity contribution in [3.8, 4) is 0 Å². The highest BCUT2D eigenvalue weighted by atomic mass is 19.1. The molecule has 0 saturated carbocycles. The molecule has 27 heavy (non-hydrogen) atoms. The van der Waals surface area contributed by atoms with Gasteiger partial charge in [0.25, 0.3) is 0 Å². The number of benzene rings is 1. The molecule has 6 nitrogen and oxygen atoms in total. The molecule has 144 valence electrons. The normalized spacial score (nSPS) is 19.1. The maximum absolute atomic E-state index is 14.2. The number of amides is 1. The number of cyclic esters (lactones) is 1. The quantitative estimate of drug-likeness (QED) is 0.862. The third-order valence-corrected chi connectivity index (χ3v) is 4.41. The van der Waals surface area contributed by atoms with Crippen LogP contribution in [-0.4, -0.2) is 39.9 Å². The van der Waals surface area contributed by atoms with Crippen LogP contribution >= 0.6 is 0 Å². The summed E-state index contributed by atoms with van der Waals surface area (Å²) in [6, 6.07) is 2.42. The van der Waals surface area contributed by atoms with Crippen molar-refractivity contribution < 1.29 is 27.8 Å². The Morgan fingerprint density at radius 1 is 1.26 bits per heavy atom. The van der Waals surface area contributed by atoms with Gasteiger partial charge in [-0.3, -0.25) is 0 Å². The number of aliphatic hydroxyl groups excluding tert-OH is 1. The maximum Gasteiger partial charge on any atom is 0.416 e. The third-order valence-electron chi connectivity index (χ3n) is 4.41. The number of aliphatic hydroxyl groups is 1. The van der Waals surface area contributed by atoms with Crippen LogP contribution in [0.5, 0.6) is 0 Å². The van der Waals surface area contributed by atoms with Crippen LogP contribution in [0.1, 0.15) is 31.2 Å². The Bertz CT molecular complexity index is 843. The van der Waals surface area contributed by atoms with Crippen molar-refractivity contribution in [3.05, 3.63) is 53.2 Å². The third kappa shape index (κ3) is 4.02. The lowest BCUT2D eigenvalue weighted by Crippen LogP contribution is -2.42. The SMILES string of the molecule is C[C@H](Cc1ncc(F)c(N2C(=O)OC[C@@H]2[C@@H](C)O)n1)c1cc(F)cc(F)c1. The first kappa shape index (κ1) is 19.1. The van der Waals surface area contributed by atoms with E-state index >= 15 is 0 Å². The van der Waals surface area contributed by atoms with E-state index in [0.717, 1.165) is 17.2 Å². The van der Waals surface area contributed by atoms with E-state index in [4.69, 9.17) is 4.74 Å². The Balaban J connectivity index is 1.88. The molecule has 3 rings (SSSR count). The van der Waals surface area contributed by atoms with Gasteiger partial charge in [0.15, 0.2) is 11.6 Å². The highest BCUT2D eigenvalue weighted by Gasteiger charge is 2.39. The molecule has 0 radical (unpaired) electrons. The van der Waals surface area contributed by atoms with Gasteiger partial charge >= 0.3 is 6.09 Å². The second kappa shape index (κ2) is 7.51. The molecule has 1 saturated heterocycles. The molecule has 0 aliphatic carbocycles. The summed E-state index contributed by atoms with van der Waals surface area (Å²) in [5.74, 6) is -2.70. The summed E-state index contributed by atoms with van der Waals surface area (Å²) in [5.41, 5.74) is 0.407. The Labute approximate surface area is 153 Å². The van der Waals surface area contributed by atoms with Gasteiger partial charge in [-0.1, -0.05) is 6.92 Å². The van der Waals surface area contributed by atoms with E-state index in [1.54, 1.807) is 6.92 Å². The molecule has 3 atom stereocenters. The molecule has 2 heterocycles. The minimum Gasteiger partial charge on any atom is -0.447 e. The number of halogens is 3. The molecule has 1 fully saturated rings. The molecule has 1 amide bonds. The summed E-state index contributed by atoms with van der Waals surface area (Å²) in [5, 5.41) is 9.80. The van der Waals surface area contributed by atoms with E-state index in [-0.39, 0.29) is 30.6 Å². The topological polar surface area (TPSA) is 75.6 Å². The first-order valence-electron chi connectivity index (χ1n) is 8.37. The van der Waals surface area contributed by atoms with E-state index in [1.165, 1.54) is 19.1 Å². The smallest absolute Gasteiger partial charge is 0.416 e. The van der Waals surface area contributed by atoms with Crippen molar-refractivity contribution in [1.82, 2.24) is 9.97 Å². The van der Waals surface area contributed by atoms with E-state index in [9.17, 15) is 23.1 Å². The number of nitrogens with zero attached hydrogens (tertiary/aromatic N) is 3. The zero-order valence-electron chi connectivity index (χ0n) is 14.7. The predicted octanol–water partition coefficient (Wildman–Crippen LogP) is 2.95. The zero-order valence-corrected chi connectivity index (χ0v) is 14.7. The van der Waals surface area contributed by atoms with E-state index in [0.29, 0.717) is 5.56 Å². The molecule has 9 heteroatoms. The van der Waals surface area contributed by atoms with Gasteiger partial charge in [-0.15, -0.1) is 0 Å². The number of ether oxygens (including phenoxy) is 1. The molecule has 1 aromatic carbocycles. The maximum atomic E-state index is 14.2. The molecular formula is C18H18F3N3O3. The predicted molar refractivity (Wildman–Crippen MR) is 89.8 cm³/mol. The van der Waals surface area contributed by atoms with Gasteiger partial charge in [0.2, 0.25) is 0 Å². The van der Waals surface area contributed by atoms with Crippen molar-refractivity contribution in [2.45, 2.75) is 38.3 Å². The molecule has 1 aliphatic heterocycles. The number of rotatable bonds is 5. The van der Waals surface area contributed by atoms with Gasteiger partial charge < -0.3 is 9.84 Å². The van der Waals surface area contributed by atoms with Gasteiger partial charge in [-0.05, 0) is 30.5 Å². The standard InChI is InChI=1S/C18H18F3N3O3/c1-9(11-4-12(19)6-13(20)5-11)3-16-22-7-14(21)17(23-16)24-15(10(2)25)8-27-18(24)26/h4-7,9-10,15,25H,3,8H2,1-2H3/t9-,10-,15-/m1/s1. The van der Waals surface area contributed by atoms with Gasteiger partial charge in [-0.2, -0.15) is 0 Å². The van der Waals surface area contributed by atoms with Crippen LogP contribution in [0.2, 0.25) is 0 Å². The fourth-order valence-corrected chi connectivity index (χ4v) is 2.95. The number of anilines is 1. The number of carbonyl (C=O) groups excluding carboxylic acids is 1. The lowest BCUT2D eigenvalue weighted by Gasteiger charge is -2.23. The average Bonchev–Trinajstić information content (AvgIpc) is 2.97. The molecule has 0 bridgehead atoms. The zero-order chi connectivity index (χ0) is 19.7. The van der Waals surface area contributed by atoms with Crippen LogP contribution in [0.4, 0.5) is 23.8 Å². The fourth-order valence-electron chi connectivity index (χ4n) is 2.95. The van der Waals surface area contributed by atoms with Gasteiger partial charge in [0.1, 0.15) is 30.1 Å². The summed E-state index contributed by atoms with van der Waals surface area (Å²) in [4.78, 5) is 20.9. The van der Waals surface area contributed by atoms with Crippen LogP contribution in [0, 0.1) is 17.5 Å². The van der Waals surface area contributed by atoms with Crippen LogP contribution < -0.4 is 4.90 Å². The van der Waals surface area contributed by atoms with Gasteiger partial charge in [0.05, 0.1) is 12.3 Å². The minimum atomic E-state index is -0.955. The molecule has 1 aliphatic rings. The Morgan fingerprint density at radius 2 is 1.93 bits per heavy atom. The Hall–Kier alpha value is -2.68. The minimum absolute atomic E-state index is 0.0890. The number of hydrogen-bond acceptors (Lipinski definition) is 5. The van der Waals surface area contributed by atoms with Crippen LogP contribution in [0.25, 0.3) is 0 Å². The van der Waals surface area contributed by atoms with Crippen LogP contribution in [-0.2, 0) is 11.2 Å². The lowest BCUT2D eigenvalue weighted by molar-refractivity contribution is 0.142. The van der Waals surface area contributed by atoms with Crippen molar-refractivity contribution >= 4 is 11.9 Å². The summed E-state index contributed by atoms with van der Waals surface area (Å²) in [7, 11) is 0. The fraction of sp³-hybridized carbons (Fsp3) is 0.389. The first-order chi connectivity index (χ1) is 12.8. The van der Waals surface area contributed by atoms with E-state index in [1.807, 2.05) is 0 Å². The second-order valence-corrected chi connectivity index (χ2v) is 6.52. The summed E-state index contributed by atoms with van der Waals surface area (Å²) < 4.78 is 45.9. The largest absolute Gasteiger partial charge is 0.447 e. The summed E-state index contributed by atoms with van der Waals surface area (Å²) >= 11 is 0. The Morgan fingerprint density at radius 3 is 2.56 bits per heavy atom. The van der Waals surface area contributed by atoms with Crippen molar-refractivity contribution in [3.63, 3.8) is 0 Å². The molecular weight excluding hydrogens is 363 g/mol. The summed E-state index contributed by atoms with van der Waals surface area (Å²) in [6.07, 6.45) is -0.687. The molecule has 1 N–H and O–H groups in total. The van der Waals surface area contributed by atoms with Crippen LogP contribution in [0.3, 0.4) is 0 Å². The first-order valence-corrected chi connectivity index (χ1v) is 8.37. The second-order valence-electron chi connectivity index (χ2n) is 6.52. The summed E-state index contributed by atoms with van der Waals surface area (Å²) in [6.45, 7) is 3.10. The highest BCUT2D eigenvalue weighted by Crippen LogP contribution is 2.27. The van der Waals surface area contributed by atoms with Gasteiger partial charge in [0, 0.05) is 12.5 Å². The van der Waals surface area contributed by atoms with Crippen molar-refractivity contribution in [1.29, 1.82) is 0 Å². The molecule has 1 aromatic heterocycles. The number of carbonyl (C=O) groups is 1. The molecule has 0 spiro atoms. The monoisotopic (exact) mass is 381 g/mol. The number of hydrogen-bond donors (Lipinski definition) is 1. The van der Waals surface area contributed by atoms with E-state index < -0.39 is 35.7 Å². The Kier molecular flexibility index (Phi) is 5.31. The van der Waals surface area contributed by atoms with Crippen molar-refractivity contribution in [2.75, 3.05) is 11.5 Å². The number of aromatic nitrogens is 2. The van der Waals surface area contributed by atoms with E-state index in [2.05, 4.69) is 9.97 Å². The van der Waals surface area contributed by atoms with Crippen molar-refractivity contribution in [2.24, 2.45) is 0 Å². The average molecular weight is 381 g/mol. The lowest BCUT2D eigenvalue weighted by atomic mass is 9.97. The molecule has 2 aromatic rings. The molecule has 0 unspecified atom stereocenters. The van der Waals surface area contributed by atoms with Gasteiger partial charge in [-0.25, -0.2) is 32.8 Å².